The van der Waals surface area contributed by atoms with Gasteiger partial charge in [0.05, 0.1) is 0 Å². The molecule has 3 fully saturated rings. The lowest BCUT2D eigenvalue weighted by molar-refractivity contribution is 0.0719. The minimum Gasteiger partial charge on any atom is -0.308 e. The third-order valence-corrected chi connectivity index (χ3v) is 5.25. The molecule has 1 heterocycles. The predicted octanol–water partition coefficient (Wildman–Crippen LogP) is 2.39. The van der Waals surface area contributed by atoms with Gasteiger partial charge >= 0.3 is 0 Å². The molecule has 92 valence electrons. The molecule has 0 aromatic heterocycles. The van der Waals surface area contributed by atoms with Crippen molar-refractivity contribution in [1.82, 2.24) is 10.2 Å². The van der Waals surface area contributed by atoms with Gasteiger partial charge < -0.3 is 5.32 Å². The van der Waals surface area contributed by atoms with Gasteiger partial charge in [0.25, 0.3) is 0 Å². The van der Waals surface area contributed by atoms with Crippen molar-refractivity contribution in [2.75, 3.05) is 13.1 Å². The first-order valence-corrected chi connectivity index (χ1v) is 7.03. The minimum absolute atomic E-state index is 0.491. The molecule has 0 aromatic rings. The highest BCUT2D eigenvalue weighted by molar-refractivity contribution is 5.09. The quantitative estimate of drug-likeness (QED) is 0.733. The normalized spacial score (nSPS) is 41.4. The molecular weight excluding hydrogens is 196 g/mol. The van der Waals surface area contributed by atoms with Crippen molar-refractivity contribution >= 4 is 0 Å². The van der Waals surface area contributed by atoms with Crippen LogP contribution in [0.15, 0.2) is 0 Å². The third kappa shape index (κ3) is 1.70. The van der Waals surface area contributed by atoms with E-state index in [-0.39, 0.29) is 0 Å². The van der Waals surface area contributed by atoms with Gasteiger partial charge in [-0.15, -0.1) is 0 Å². The molecule has 2 nitrogen and oxygen atoms in total. The SMILES string of the molecule is CC1CNC2(CCCC2)CN1C1CC1(C)C. The van der Waals surface area contributed by atoms with Crippen LogP contribution in [0.5, 0.6) is 0 Å². The highest BCUT2D eigenvalue weighted by Gasteiger charge is 2.53. The van der Waals surface area contributed by atoms with Crippen LogP contribution < -0.4 is 5.32 Å². The molecule has 0 bridgehead atoms. The Balaban J connectivity index is 1.72. The summed E-state index contributed by atoms with van der Waals surface area (Å²) in [7, 11) is 0. The molecule has 1 aliphatic heterocycles. The summed E-state index contributed by atoms with van der Waals surface area (Å²) in [5.41, 5.74) is 1.08. The zero-order valence-electron chi connectivity index (χ0n) is 11.1. The third-order valence-electron chi connectivity index (χ3n) is 5.25. The standard InChI is InChI=1S/C14H26N2/c1-11-9-15-14(6-4-5-7-14)10-16(11)12-8-13(12,2)3/h11-12,15H,4-10H2,1-3H3. The molecule has 3 rings (SSSR count). The molecular formula is C14H26N2. The number of hydrogen-bond donors (Lipinski definition) is 1. The smallest absolute Gasteiger partial charge is 0.0309 e. The van der Waals surface area contributed by atoms with Crippen molar-refractivity contribution in [2.45, 2.75) is 70.5 Å². The van der Waals surface area contributed by atoms with Crippen LogP contribution in [-0.2, 0) is 0 Å². The van der Waals surface area contributed by atoms with Crippen LogP contribution in [0.1, 0.15) is 52.9 Å². The summed E-state index contributed by atoms with van der Waals surface area (Å²) in [5, 5.41) is 3.84. The van der Waals surface area contributed by atoms with Crippen LogP contribution in [0, 0.1) is 5.41 Å². The van der Waals surface area contributed by atoms with Gasteiger partial charge in [-0.3, -0.25) is 4.90 Å². The van der Waals surface area contributed by atoms with Crippen molar-refractivity contribution < 1.29 is 0 Å². The van der Waals surface area contributed by atoms with Gasteiger partial charge in [-0.25, -0.2) is 0 Å². The number of nitrogens with one attached hydrogen (secondary N) is 1. The highest BCUT2D eigenvalue weighted by Crippen LogP contribution is 2.50. The minimum atomic E-state index is 0.491. The second-order valence-electron chi connectivity index (χ2n) is 7.10. The first-order valence-electron chi connectivity index (χ1n) is 7.03. The molecule has 2 atom stereocenters. The van der Waals surface area contributed by atoms with Crippen molar-refractivity contribution in [2.24, 2.45) is 5.41 Å². The number of hydrogen-bond acceptors (Lipinski definition) is 2. The van der Waals surface area contributed by atoms with Gasteiger partial charge in [0.2, 0.25) is 0 Å². The fraction of sp³-hybridized carbons (Fsp3) is 1.00. The summed E-state index contributed by atoms with van der Waals surface area (Å²) in [6.45, 7) is 9.75. The first kappa shape index (κ1) is 11.0. The Morgan fingerprint density at radius 3 is 2.38 bits per heavy atom. The monoisotopic (exact) mass is 222 g/mol. The van der Waals surface area contributed by atoms with E-state index in [4.69, 9.17) is 0 Å². The maximum atomic E-state index is 3.84. The lowest BCUT2D eigenvalue weighted by atomic mass is 9.92. The summed E-state index contributed by atoms with van der Waals surface area (Å²) in [6.07, 6.45) is 7.09. The fourth-order valence-corrected chi connectivity index (χ4v) is 3.85. The Kier molecular flexibility index (Phi) is 2.38. The van der Waals surface area contributed by atoms with Crippen molar-refractivity contribution in [1.29, 1.82) is 0 Å². The van der Waals surface area contributed by atoms with Gasteiger partial charge in [0, 0.05) is 30.7 Å². The van der Waals surface area contributed by atoms with E-state index in [2.05, 4.69) is 31.0 Å². The summed E-state index contributed by atoms with van der Waals surface area (Å²) in [4.78, 5) is 2.81. The van der Waals surface area contributed by atoms with Crippen LogP contribution in [0.3, 0.4) is 0 Å². The van der Waals surface area contributed by atoms with Gasteiger partial charge in [0.15, 0.2) is 0 Å². The second-order valence-corrected chi connectivity index (χ2v) is 7.10. The Labute approximate surface area is 99.8 Å². The Hall–Kier alpha value is -0.0800. The molecule has 0 radical (unpaired) electrons. The van der Waals surface area contributed by atoms with Gasteiger partial charge in [0.1, 0.15) is 0 Å². The molecule has 1 N–H and O–H groups in total. The fourth-order valence-electron chi connectivity index (χ4n) is 3.85. The lowest BCUT2D eigenvalue weighted by Crippen LogP contribution is -2.63. The molecule has 1 saturated heterocycles. The topological polar surface area (TPSA) is 15.3 Å². The van der Waals surface area contributed by atoms with Crippen LogP contribution >= 0.6 is 0 Å². The zero-order valence-corrected chi connectivity index (χ0v) is 11.1. The summed E-state index contributed by atoms with van der Waals surface area (Å²) >= 11 is 0. The average Bonchev–Trinajstić information content (AvgIpc) is 2.68. The summed E-state index contributed by atoms with van der Waals surface area (Å²) in [5.74, 6) is 0. The van der Waals surface area contributed by atoms with Crippen LogP contribution in [0.2, 0.25) is 0 Å². The Morgan fingerprint density at radius 2 is 1.81 bits per heavy atom. The second kappa shape index (κ2) is 3.46. The van der Waals surface area contributed by atoms with Gasteiger partial charge in [-0.05, 0) is 31.6 Å². The van der Waals surface area contributed by atoms with Crippen LogP contribution in [-0.4, -0.2) is 35.6 Å². The van der Waals surface area contributed by atoms with Crippen molar-refractivity contribution in [3.05, 3.63) is 0 Å². The Bertz CT molecular complexity index is 278. The van der Waals surface area contributed by atoms with Crippen molar-refractivity contribution in [3.63, 3.8) is 0 Å². The van der Waals surface area contributed by atoms with E-state index in [1.54, 1.807) is 0 Å². The lowest BCUT2D eigenvalue weighted by Gasteiger charge is -2.46. The van der Waals surface area contributed by atoms with E-state index in [0.717, 1.165) is 12.1 Å². The molecule has 2 aliphatic carbocycles. The highest BCUT2D eigenvalue weighted by atomic mass is 15.3. The average molecular weight is 222 g/mol. The van der Waals surface area contributed by atoms with Gasteiger partial charge in [-0.1, -0.05) is 26.7 Å². The molecule has 2 saturated carbocycles. The van der Waals surface area contributed by atoms with E-state index in [1.165, 1.54) is 45.2 Å². The summed E-state index contributed by atoms with van der Waals surface area (Å²) < 4.78 is 0. The molecule has 0 aromatic carbocycles. The first-order chi connectivity index (χ1) is 7.53. The summed E-state index contributed by atoms with van der Waals surface area (Å²) in [6, 6.07) is 1.60. The van der Waals surface area contributed by atoms with Crippen molar-refractivity contribution in [3.8, 4) is 0 Å². The number of rotatable bonds is 1. The van der Waals surface area contributed by atoms with E-state index < -0.39 is 0 Å². The van der Waals surface area contributed by atoms with E-state index in [0.29, 0.717) is 11.0 Å². The maximum absolute atomic E-state index is 3.84. The van der Waals surface area contributed by atoms with Crippen LogP contribution in [0.25, 0.3) is 0 Å². The Morgan fingerprint density at radius 1 is 1.19 bits per heavy atom. The number of piperazine rings is 1. The van der Waals surface area contributed by atoms with E-state index in [9.17, 15) is 0 Å². The number of nitrogens with zero attached hydrogens (tertiary/aromatic N) is 1. The zero-order chi connectivity index (χ0) is 11.4. The molecule has 3 aliphatic rings. The molecule has 0 amide bonds. The molecule has 2 heteroatoms. The maximum Gasteiger partial charge on any atom is 0.0309 e. The molecule has 1 spiro atoms. The largest absolute Gasteiger partial charge is 0.308 e. The van der Waals surface area contributed by atoms with E-state index >= 15 is 0 Å². The molecule has 16 heavy (non-hydrogen) atoms. The molecule has 2 unspecified atom stereocenters. The van der Waals surface area contributed by atoms with Gasteiger partial charge in [-0.2, -0.15) is 0 Å². The predicted molar refractivity (Wildman–Crippen MR) is 67.6 cm³/mol. The van der Waals surface area contributed by atoms with Crippen LogP contribution in [0.4, 0.5) is 0 Å². The van der Waals surface area contributed by atoms with E-state index in [1.807, 2.05) is 0 Å².